The van der Waals surface area contributed by atoms with Crippen molar-refractivity contribution < 1.29 is 14.3 Å². The Balaban J connectivity index is 2.12. The summed E-state index contributed by atoms with van der Waals surface area (Å²) in [4.78, 5) is 11.7. The van der Waals surface area contributed by atoms with Crippen molar-refractivity contribution in [2.45, 2.75) is 19.4 Å². The average molecular weight is 320 g/mol. The van der Waals surface area contributed by atoms with Crippen LogP contribution < -0.4 is 10.5 Å². The van der Waals surface area contributed by atoms with Crippen LogP contribution in [0.1, 0.15) is 12.5 Å². The summed E-state index contributed by atoms with van der Waals surface area (Å²) >= 11 is 5.86. The van der Waals surface area contributed by atoms with Gasteiger partial charge in [-0.15, -0.1) is 0 Å². The second kappa shape index (κ2) is 7.82. The first-order valence-electron chi connectivity index (χ1n) is 7.03. The van der Waals surface area contributed by atoms with Crippen molar-refractivity contribution >= 4 is 17.6 Å². The molecule has 0 radical (unpaired) electrons. The van der Waals surface area contributed by atoms with E-state index in [-0.39, 0.29) is 0 Å². The SMILES string of the molecule is CCOC(=O)C(N)Cc1ccccc1Oc1ccc(Cl)cc1. The molecule has 0 fully saturated rings. The van der Waals surface area contributed by atoms with Gasteiger partial charge >= 0.3 is 5.97 Å². The largest absolute Gasteiger partial charge is 0.465 e. The lowest BCUT2D eigenvalue weighted by Crippen LogP contribution is -2.34. The van der Waals surface area contributed by atoms with E-state index in [1.807, 2.05) is 24.3 Å². The zero-order valence-electron chi connectivity index (χ0n) is 12.3. The van der Waals surface area contributed by atoms with E-state index in [0.717, 1.165) is 5.56 Å². The lowest BCUT2D eigenvalue weighted by Gasteiger charge is -2.14. The van der Waals surface area contributed by atoms with Gasteiger partial charge in [-0.25, -0.2) is 0 Å². The van der Waals surface area contributed by atoms with E-state index in [9.17, 15) is 4.79 Å². The van der Waals surface area contributed by atoms with Crippen molar-refractivity contribution in [3.8, 4) is 11.5 Å². The smallest absolute Gasteiger partial charge is 0.323 e. The summed E-state index contributed by atoms with van der Waals surface area (Å²) in [6, 6.07) is 13.8. The molecule has 22 heavy (non-hydrogen) atoms. The quantitative estimate of drug-likeness (QED) is 0.827. The summed E-state index contributed by atoms with van der Waals surface area (Å²) in [7, 11) is 0. The van der Waals surface area contributed by atoms with Gasteiger partial charge in [-0.3, -0.25) is 4.79 Å². The van der Waals surface area contributed by atoms with Crippen LogP contribution >= 0.6 is 11.6 Å². The summed E-state index contributed by atoms with van der Waals surface area (Å²) in [5.74, 6) is 0.912. The van der Waals surface area contributed by atoms with Crippen molar-refractivity contribution in [3.05, 3.63) is 59.1 Å². The van der Waals surface area contributed by atoms with Gasteiger partial charge in [0.05, 0.1) is 6.61 Å². The maximum atomic E-state index is 11.7. The molecule has 0 saturated heterocycles. The van der Waals surface area contributed by atoms with E-state index in [4.69, 9.17) is 26.8 Å². The topological polar surface area (TPSA) is 61.5 Å². The van der Waals surface area contributed by atoms with Gasteiger partial charge in [0.1, 0.15) is 17.5 Å². The number of rotatable bonds is 6. The average Bonchev–Trinajstić information content (AvgIpc) is 2.51. The third-order valence-electron chi connectivity index (χ3n) is 3.04. The molecule has 0 amide bonds. The fourth-order valence-electron chi connectivity index (χ4n) is 1.97. The highest BCUT2D eigenvalue weighted by atomic mass is 35.5. The van der Waals surface area contributed by atoms with E-state index in [1.54, 1.807) is 31.2 Å². The van der Waals surface area contributed by atoms with Gasteiger partial charge in [0, 0.05) is 11.4 Å². The summed E-state index contributed by atoms with van der Waals surface area (Å²) in [5.41, 5.74) is 6.72. The lowest BCUT2D eigenvalue weighted by atomic mass is 10.1. The number of benzene rings is 2. The second-order valence-electron chi connectivity index (χ2n) is 4.73. The molecule has 0 aromatic heterocycles. The number of ether oxygens (including phenoxy) is 2. The van der Waals surface area contributed by atoms with Gasteiger partial charge in [0.2, 0.25) is 0 Å². The Bertz CT molecular complexity index is 628. The predicted octanol–water partition coefficient (Wildman–Crippen LogP) is 3.57. The number of esters is 1. The number of carbonyl (C=O) groups is 1. The fraction of sp³-hybridized carbons (Fsp3) is 0.235. The van der Waals surface area contributed by atoms with Crippen molar-refractivity contribution in [2.75, 3.05) is 6.61 Å². The van der Waals surface area contributed by atoms with Crippen LogP contribution in [-0.2, 0) is 16.0 Å². The molecular weight excluding hydrogens is 302 g/mol. The lowest BCUT2D eigenvalue weighted by molar-refractivity contribution is -0.144. The third-order valence-corrected chi connectivity index (χ3v) is 3.30. The van der Waals surface area contributed by atoms with E-state index < -0.39 is 12.0 Å². The van der Waals surface area contributed by atoms with Crippen molar-refractivity contribution in [1.29, 1.82) is 0 Å². The summed E-state index contributed by atoms with van der Waals surface area (Å²) in [5, 5.41) is 0.643. The second-order valence-corrected chi connectivity index (χ2v) is 5.16. The van der Waals surface area contributed by atoms with Crippen molar-refractivity contribution in [3.63, 3.8) is 0 Å². The highest BCUT2D eigenvalue weighted by molar-refractivity contribution is 6.30. The zero-order valence-corrected chi connectivity index (χ0v) is 13.0. The molecule has 0 bridgehead atoms. The molecule has 0 saturated carbocycles. The Morgan fingerprint density at radius 2 is 1.86 bits per heavy atom. The molecule has 2 rings (SSSR count). The van der Waals surface area contributed by atoms with Crippen LogP contribution in [0.15, 0.2) is 48.5 Å². The van der Waals surface area contributed by atoms with Crippen LogP contribution in [0.25, 0.3) is 0 Å². The number of carbonyl (C=O) groups excluding carboxylic acids is 1. The summed E-state index contributed by atoms with van der Waals surface area (Å²) in [6.07, 6.45) is 0.350. The summed E-state index contributed by atoms with van der Waals surface area (Å²) < 4.78 is 10.8. The standard InChI is InChI=1S/C17H18ClNO3/c1-2-21-17(20)15(19)11-12-5-3-4-6-16(12)22-14-9-7-13(18)8-10-14/h3-10,15H,2,11,19H2,1H3. The van der Waals surface area contributed by atoms with Crippen molar-refractivity contribution in [1.82, 2.24) is 0 Å². The van der Waals surface area contributed by atoms with Crippen LogP contribution in [0, 0.1) is 0 Å². The Kier molecular flexibility index (Phi) is 5.81. The van der Waals surface area contributed by atoms with Gasteiger partial charge in [-0.1, -0.05) is 29.8 Å². The van der Waals surface area contributed by atoms with Crippen LogP contribution in [0.5, 0.6) is 11.5 Å². The number of hydrogen-bond acceptors (Lipinski definition) is 4. The minimum absolute atomic E-state index is 0.315. The first kappa shape index (κ1) is 16.3. The molecule has 2 aromatic rings. The van der Waals surface area contributed by atoms with Crippen LogP contribution in [-0.4, -0.2) is 18.6 Å². The molecule has 0 aliphatic rings. The number of hydrogen-bond donors (Lipinski definition) is 1. The molecule has 0 spiro atoms. The first-order chi connectivity index (χ1) is 10.6. The van der Waals surface area contributed by atoms with Crippen LogP contribution in [0.3, 0.4) is 0 Å². The minimum atomic E-state index is -0.713. The molecule has 116 valence electrons. The number of halogens is 1. The predicted molar refractivity (Wildman–Crippen MR) is 86.3 cm³/mol. The van der Waals surface area contributed by atoms with Gasteiger partial charge in [0.25, 0.3) is 0 Å². The molecule has 1 unspecified atom stereocenters. The van der Waals surface area contributed by atoms with Gasteiger partial charge < -0.3 is 15.2 Å². The molecule has 1 atom stereocenters. The number of para-hydroxylation sites is 1. The Morgan fingerprint density at radius 3 is 2.55 bits per heavy atom. The highest BCUT2D eigenvalue weighted by Gasteiger charge is 2.17. The van der Waals surface area contributed by atoms with Crippen LogP contribution in [0.2, 0.25) is 5.02 Å². The molecule has 0 heterocycles. The Hall–Kier alpha value is -2.04. The van der Waals surface area contributed by atoms with E-state index in [1.165, 1.54) is 0 Å². The highest BCUT2D eigenvalue weighted by Crippen LogP contribution is 2.27. The van der Waals surface area contributed by atoms with Crippen molar-refractivity contribution in [2.24, 2.45) is 5.73 Å². The number of nitrogens with two attached hydrogens (primary N) is 1. The minimum Gasteiger partial charge on any atom is -0.465 e. The van der Waals surface area contributed by atoms with Gasteiger partial charge in [0.15, 0.2) is 0 Å². The van der Waals surface area contributed by atoms with Crippen LogP contribution in [0.4, 0.5) is 0 Å². The Labute approximate surface area is 134 Å². The van der Waals surface area contributed by atoms with Gasteiger partial charge in [-0.05, 0) is 42.8 Å². The first-order valence-corrected chi connectivity index (χ1v) is 7.41. The normalized spacial score (nSPS) is 11.8. The summed E-state index contributed by atoms with van der Waals surface area (Å²) in [6.45, 7) is 2.07. The monoisotopic (exact) mass is 319 g/mol. The maximum Gasteiger partial charge on any atom is 0.323 e. The third kappa shape index (κ3) is 4.48. The Morgan fingerprint density at radius 1 is 1.18 bits per heavy atom. The zero-order chi connectivity index (χ0) is 15.9. The van der Waals surface area contributed by atoms with E-state index >= 15 is 0 Å². The molecule has 0 aliphatic carbocycles. The molecular formula is C17H18ClNO3. The molecule has 2 N–H and O–H groups in total. The molecule has 2 aromatic carbocycles. The maximum absolute atomic E-state index is 11.7. The fourth-order valence-corrected chi connectivity index (χ4v) is 2.10. The van der Waals surface area contributed by atoms with E-state index in [2.05, 4.69) is 0 Å². The molecule has 0 aliphatic heterocycles. The van der Waals surface area contributed by atoms with Gasteiger partial charge in [-0.2, -0.15) is 0 Å². The molecule has 4 nitrogen and oxygen atoms in total. The molecule has 5 heteroatoms. The van der Waals surface area contributed by atoms with E-state index in [0.29, 0.717) is 29.5 Å².